The summed E-state index contributed by atoms with van der Waals surface area (Å²) in [4.78, 5) is 0. The highest BCUT2D eigenvalue weighted by atomic mass is 35.5. The molecule has 0 amide bonds. The molecule has 2 saturated carbocycles. The molecule has 0 radical (unpaired) electrons. The Labute approximate surface area is 126 Å². The zero-order valence-corrected chi connectivity index (χ0v) is 12.7. The zero-order valence-electron chi connectivity index (χ0n) is 6.64. The number of ether oxygens (including phenoxy) is 1. The van der Waals surface area contributed by atoms with Gasteiger partial charge in [-0.25, -0.2) is 0 Å². The highest BCUT2D eigenvalue weighted by Crippen LogP contribution is 2.79. The molecule has 1 nitrogen and oxygen atoms in total. The van der Waals surface area contributed by atoms with Crippen LogP contribution in [0.4, 0.5) is 0 Å². The van der Waals surface area contributed by atoms with E-state index in [0.29, 0.717) is 0 Å². The summed E-state index contributed by atoms with van der Waals surface area (Å²) in [6, 6.07) is 0. The molecule has 2 aliphatic carbocycles. The Bertz CT molecular complexity index is 311. The predicted octanol–water partition coefficient (Wildman–Crippen LogP) is 4.81. The summed E-state index contributed by atoms with van der Waals surface area (Å²) in [6.45, 7) is 0. The Morgan fingerprint density at radius 3 is 1.27 bits per heavy atom. The molecule has 2 rings (SSSR count). The Hall–Kier alpha value is 2.28. The van der Waals surface area contributed by atoms with Crippen molar-refractivity contribution in [2.45, 2.75) is 29.5 Å². The second-order valence-electron chi connectivity index (χ2n) is 3.46. The van der Waals surface area contributed by atoms with Gasteiger partial charge in [0.25, 0.3) is 0 Å². The van der Waals surface area contributed by atoms with E-state index in [2.05, 4.69) is 0 Å². The second-order valence-corrected chi connectivity index (χ2v) is 8.74. The molecule has 0 aromatic heterocycles. The minimum absolute atomic E-state index is 0.173. The van der Waals surface area contributed by atoms with Gasteiger partial charge in [0, 0.05) is 6.42 Å². The van der Waals surface area contributed by atoms with Gasteiger partial charge in [-0.1, -0.05) is 92.8 Å². The molecule has 0 heterocycles. The molecule has 88 valence electrons. The first kappa shape index (κ1) is 13.7. The van der Waals surface area contributed by atoms with Crippen molar-refractivity contribution >= 4 is 92.8 Å². The first-order valence-electron chi connectivity index (χ1n) is 3.63. The molecule has 15 heavy (non-hydrogen) atoms. The van der Waals surface area contributed by atoms with Gasteiger partial charge in [0.1, 0.15) is 0 Å². The maximum Gasteiger partial charge on any atom is 0.215 e. The van der Waals surface area contributed by atoms with Crippen LogP contribution in [-0.4, -0.2) is 23.1 Å². The summed E-state index contributed by atoms with van der Waals surface area (Å²) in [5.74, 6) is 0. The summed E-state index contributed by atoms with van der Waals surface area (Å²) >= 11 is 46.4. The van der Waals surface area contributed by atoms with Crippen LogP contribution in [0, 0.1) is 0 Å². The van der Waals surface area contributed by atoms with Crippen molar-refractivity contribution in [1.82, 2.24) is 0 Å². The van der Waals surface area contributed by atoms with E-state index >= 15 is 0 Å². The fourth-order valence-electron chi connectivity index (χ4n) is 1.07. The minimum atomic E-state index is -1.72. The topological polar surface area (TPSA) is 9.23 Å². The van der Waals surface area contributed by atoms with Gasteiger partial charge in [-0.05, 0) is 0 Å². The van der Waals surface area contributed by atoms with E-state index in [4.69, 9.17) is 97.5 Å². The van der Waals surface area contributed by atoms with Crippen molar-refractivity contribution in [3.63, 3.8) is 0 Å². The normalized spacial score (nSPS) is 42.4. The van der Waals surface area contributed by atoms with E-state index in [1.165, 1.54) is 0 Å². The highest BCUT2D eigenvalue weighted by molar-refractivity contribution is 6.74. The Balaban J connectivity index is 2.17. The van der Waals surface area contributed by atoms with Crippen LogP contribution in [0.15, 0.2) is 0 Å². The smallest absolute Gasteiger partial charge is 0.215 e. The Kier molecular flexibility index (Phi) is 2.96. The molecule has 2 aliphatic rings. The maximum absolute atomic E-state index is 5.93. The molecule has 1 unspecified atom stereocenters. The lowest BCUT2D eigenvalue weighted by Gasteiger charge is -2.17. The van der Waals surface area contributed by atoms with Gasteiger partial charge in [0.15, 0.2) is 9.39 Å². The molecular formula is C6H2Cl8O. The van der Waals surface area contributed by atoms with Gasteiger partial charge in [0.05, 0.1) is 0 Å². The van der Waals surface area contributed by atoms with E-state index in [9.17, 15) is 0 Å². The molecule has 0 saturated heterocycles. The third kappa shape index (κ3) is 1.55. The van der Waals surface area contributed by atoms with E-state index in [-0.39, 0.29) is 6.42 Å². The first-order chi connectivity index (χ1) is 6.41. The Morgan fingerprint density at radius 2 is 1.07 bits per heavy atom. The van der Waals surface area contributed by atoms with Crippen LogP contribution in [0.25, 0.3) is 0 Å². The molecule has 0 spiro atoms. The largest absolute Gasteiger partial charge is 0.328 e. The van der Waals surface area contributed by atoms with Crippen LogP contribution in [0.3, 0.4) is 0 Å². The van der Waals surface area contributed by atoms with E-state index in [0.717, 1.165) is 0 Å². The number of hydrogen-bond donors (Lipinski definition) is 0. The average molecular weight is 374 g/mol. The molecule has 0 aromatic carbocycles. The van der Waals surface area contributed by atoms with Crippen LogP contribution < -0.4 is 0 Å². The molecule has 2 fully saturated rings. The van der Waals surface area contributed by atoms with Gasteiger partial charge in [-0.3, -0.25) is 0 Å². The SMILES string of the molecule is ClC1(Cl)CC1(Cl)OC1(Cl)C(Cl)(Cl)C1(Cl)Cl. The summed E-state index contributed by atoms with van der Waals surface area (Å²) < 4.78 is 0.654. The predicted molar refractivity (Wildman–Crippen MR) is 66.2 cm³/mol. The monoisotopic (exact) mass is 370 g/mol. The van der Waals surface area contributed by atoms with Crippen molar-refractivity contribution in [1.29, 1.82) is 0 Å². The fourth-order valence-corrected chi connectivity index (χ4v) is 3.83. The molecule has 9 heteroatoms. The van der Waals surface area contributed by atoms with Crippen LogP contribution in [0.2, 0.25) is 0 Å². The van der Waals surface area contributed by atoms with E-state index in [1.54, 1.807) is 0 Å². The van der Waals surface area contributed by atoms with E-state index < -0.39 is 23.1 Å². The van der Waals surface area contributed by atoms with Crippen LogP contribution in [-0.2, 0) is 4.74 Å². The number of alkyl halides is 8. The number of halogens is 8. The molecular weight excluding hydrogens is 372 g/mol. The van der Waals surface area contributed by atoms with Gasteiger partial charge in [-0.2, -0.15) is 0 Å². The second kappa shape index (κ2) is 3.23. The lowest BCUT2D eigenvalue weighted by Crippen LogP contribution is -2.26. The highest BCUT2D eigenvalue weighted by Gasteiger charge is 2.92. The third-order valence-corrected chi connectivity index (χ3v) is 7.53. The third-order valence-electron chi connectivity index (χ3n) is 2.31. The zero-order chi connectivity index (χ0) is 11.9. The summed E-state index contributed by atoms with van der Waals surface area (Å²) in [7, 11) is 0. The van der Waals surface area contributed by atoms with Crippen LogP contribution in [0.1, 0.15) is 6.42 Å². The van der Waals surface area contributed by atoms with Crippen molar-refractivity contribution in [2.75, 3.05) is 0 Å². The molecule has 0 bridgehead atoms. The molecule has 0 N–H and O–H groups in total. The van der Waals surface area contributed by atoms with Gasteiger partial charge in [-0.15, -0.1) is 0 Å². The summed E-state index contributed by atoms with van der Waals surface area (Å²) in [5, 5.41) is -3.09. The van der Waals surface area contributed by atoms with Crippen LogP contribution in [0.5, 0.6) is 0 Å². The number of hydrogen-bond acceptors (Lipinski definition) is 1. The summed E-state index contributed by atoms with van der Waals surface area (Å²) in [6.07, 6.45) is 0.173. The fraction of sp³-hybridized carbons (Fsp3) is 1.00. The maximum atomic E-state index is 5.93. The average Bonchev–Trinajstić information content (AvgIpc) is 2.57. The van der Waals surface area contributed by atoms with Crippen molar-refractivity contribution in [2.24, 2.45) is 0 Å². The van der Waals surface area contributed by atoms with Crippen molar-refractivity contribution < 1.29 is 4.74 Å². The lowest BCUT2D eigenvalue weighted by molar-refractivity contribution is 0.0450. The van der Waals surface area contributed by atoms with Crippen molar-refractivity contribution in [3.05, 3.63) is 0 Å². The molecule has 1 atom stereocenters. The Morgan fingerprint density at radius 1 is 0.733 bits per heavy atom. The van der Waals surface area contributed by atoms with Crippen LogP contribution >= 0.6 is 92.8 Å². The minimum Gasteiger partial charge on any atom is -0.328 e. The van der Waals surface area contributed by atoms with E-state index in [1.807, 2.05) is 0 Å². The molecule has 0 aromatic rings. The molecule has 0 aliphatic heterocycles. The van der Waals surface area contributed by atoms with Crippen molar-refractivity contribution in [3.8, 4) is 0 Å². The standard InChI is InChI=1S/C6H2Cl8O/c7-2(8)1-3(2,9)15-6(14)4(10,11)5(6,12)13/h1H2. The van der Waals surface area contributed by atoms with Gasteiger partial charge in [0.2, 0.25) is 13.7 Å². The summed E-state index contributed by atoms with van der Waals surface area (Å²) in [5.41, 5.74) is 0. The van der Waals surface area contributed by atoms with Gasteiger partial charge >= 0.3 is 0 Å². The quantitative estimate of drug-likeness (QED) is 0.631. The number of rotatable bonds is 2. The first-order valence-corrected chi connectivity index (χ1v) is 6.65. The van der Waals surface area contributed by atoms with Gasteiger partial charge < -0.3 is 4.74 Å². The lowest BCUT2D eigenvalue weighted by atomic mass is 10.7.